The molecule has 9 heteroatoms. The van der Waals surface area contributed by atoms with Gasteiger partial charge in [0.2, 0.25) is 0 Å². The number of thioether (sulfide) groups is 1. The molecule has 4 heterocycles. The van der Waals surface area contributed by atoms with E-state index in [1.165, 1.54) is 16.7 Å². The Bertz CT molecular complexity index is 1280. The maximum atomic E-state index is 13.7. The van der Waals surface area contributed by atoms with Crippen molar-refractivity contribution in [2.45, 2.75) is 36.5 Å². The molecule has 2 aromatic rings. The summed E-state index contributed by atoms with van der Waals surface area (Å²) in [4.78, 5) is 35.5. The van der Waals surface area contributed by atoms with Crippen LogP contribution in [0.1, 0.15) is 36.3 Å². The van der Waals surface area contributed by atoms with Gasteiger partial charge in [-0.15, -0.1) is 11.8 Å². The Labute approximate surface area is 212 Å². The van der Waals surface area contributed by atoms with Crippen LogP contribution in [0.3, 0.4) is 0 Å². The molecule has 3 amide bonds. The van der Waals surface area contributed by atoms with Gasteiger partial charge in [-0.3, -0.25) is 9.78 Å². The summed E-state index contributed by atoms with van der Waals surface area (Å²) in [5.74, 6) is 0.0890. The number of halogens is 1. The van der Waals surface area contributed by atoms with Crippen molar-refractivity contribution >= 4 is 45.9 Å². The first kappa shape index (κ1) is 22.6. The first-order chi connectivity index (χ1) is 17.0. The molecule has 3 fully saturated rings. The minimum absolute atomic E-state index is 0.182. The molecule has 0 N–H and O–H groups in total. The van der Waals surface area contributed by atoms with Gasteiger partial charge in [0.15, 0.2) is 0 Å². The normalized spacial score (nSPS) is 25.1. The Morgan fingerprint density at radius 1 is 1.23 bits per heavy atom. The van der Waals surface area contributed by atoms with Crippen LogP contribution in [-0.4, -0.2) is 52.9 Å². The molecule has 4 aliphatic rings. The number of imide groups is 1. The molecule has 2 saturated heterocycles. The lowest BCUT2D eigenvalue weighted by molar-refractivity contribution is -0.164. The summed E-state index contributed by atoms with van der Waals surface area (Å²) >= 11 is 7.84. The molecule has 0 radical (unpaired) electrons. The molecule has 0 bridgehead atoms. The van der Waals surface area contributed by atoms with Crippen LogP contribution < -0.4 is 4.90 Å². The summed E-state index contributed by atoms with van der Waals surface area (Å²) < 4.78 is 5.39. The largest absolute Gasteiger partial charge is 0.380 e. The number of amides is 3. The summed E-state index contributed by atoms with van der Waals surface area (Å²) in [7, 11) is 0. The third kappa shape index (κ3) is 3.74. The van der Waals surface area contributed by atoms with E-state index < -0.39 is 17.3 Å². The first-order valence-electron chi connectivity index (χ1n) is 11.7. The average molecular weight is 507 g/mol. The lowest BCUT2D eigenvalue weighted by Gasteiger charge is -2.53. The summed E-state index contributed by atoms with van der Waals surface area (Å²) in [5.41, 5.74) is 2.67. The van der Waals surface area contributed by atoms with Crippen molar-refractivity contribution in [3.63, 3.8) is 0 Å². The van der Waals surface area contributed by atoms with Gasteiger partial charge in [-0.05, 0) is 42.5 Å². The van der Waals surface area contributed by atoms with Crippen LogP contribution in [-0.2, 0) is 9.53 Å². The molecular weight excluding hydrogens is 484 g/mol. The lowest BCUT2D eigenvalue weighted by atomic mass is 9.59. The van der Waals surface area contributed by atoms with Gasteiger partial charge in [-0.25, -0.2) is 9.69 Å². The fourth-order valence-corrected chi connectivity index (χ4v) is 7.18. The Kier molecular flexibility index (Phi) is 5.59. The van der Waals surface area contributed by atoms with Gasteiger partial charge >= 0.3 is 6.03 Å². The van der Waals surface area contributed by atoms with Crippen molar-refractivity contribution in [1.29, 1.82) is 5.26 Å². The molecule has 35 heavy (non-hydrogen) atoms. The quantitative estimate of drug-likeness (QED) is 0.577. The predicted molar refractivity (Wildman–Crippen MR) is 134 cm³/mol. The Hall–Kier alpha value is -2.86. The minimum atomic E-state index is -0.514. The number of hydrogen-bond acceptors (Lipinski definition) is 6. The van der Waals surface area contributed by atoms with Crippen LogP contribution >= 0.6 is 23.4 Å². The Morgan fingerprint density at radius 3 is 2.74 bits per heavy atom. The van der Waals surface area contributed by atoms with E-state index in [0.29, 0.717) is 22.0 Å². The molecule has 2 atom stereocenters. The third-order valence-electron chi connectivity index (χ3n) is 7.40. The maximum absolute atomic E-state index is 13.7. The predicted octanol–water partition coefficient (Wildman–Crippen LogP) is 4.84. The number of anilines is 1. The van der Waals surface area contributed by atoms with Gasteiger partial charge in [0.25, 0.3) is 5.91 Å². The van der Waals surface area contributed by atoms with Gasteiger partial charge in [0, 0.05) is 33.6 Å². The standard InChI is InChI=1S/C26H23ClN4O3S/c27-20-5-2-1-4-19(20)22-9-21-23(35-22)24(32)31(25(33)30(21)7-3-6-28)18-8-16(12-29-13-18)17-10-26(11-17)14-34-15-26/h1-2,4-5,8-9,12-13,17,21,23H,3,7,10-11,14-15H2. The summed E-state index contributed by atoms with van der Waals surface area (Å²) in [5, 5.41) is 9.28. The molecule has 1 saturated carbocycles. The van der Waals surface area contributed by atoms with Gasteiger partial charge in [0.05, 0.1) is 43.6 Å². The van der Waals surface area contributed by atoms with Crippen LogP contribution in [0.2, 0.25) is 5.02 Å². The molecular formula is C26H23ClN4O3S. The molecule has 1 spiro atoms. The van der Waals surface area contributed by atoms with Crippen LogP contribution in [0.25, 0.3) is 4.91 Å². The van der Waals surface area contributed by atoms with E-state index in [9.17, 15) is 14.9 Å². The second-order valence-corrected chi connectivity index (χ2v) is 11.3. The van der Waals surface area contributed by atoms with E-state index >= 15 is 0 Å². The van der Waals surface area contributed by atoms with Crippen molar-refractivity contribution in [1.82, 2.24) is 9.88 Å². The van der Waals surface area contributed by atoms with E-state index in [1.54, 1.807) is 11.1 Å². The third-order valence-corrected chi connectivity index (χ3v) is 9.07. The monoisotopic (exact) mass is 506 g/mol. The lowest BCUT2D eigenvalue weighted by Crippen LogP contribution is -2.62. The molecule has 1 aromatic carbocycles. The topological polar surface area (TPSA) is 86.5 Å². The van der Waals surface area contributed by atoms with E-state index in [-0.39, 0.29) is 18.9 Å². The smallest absolute Gasteiger partial charge is 0.332 e. The summed E-state index contributed by atoms with van der Waals surface area (Å²) in [6.07, 6.45) is 7.60. The number of nitriles is 1. The summed E-state index contributed by atoms with van der Waals surface area (Å²) in [6, 6.07) is 10.7. The van der Waals surface area contributed by atoms with Crippen molar-refractivity contribution in [2.24, 2.45) is 5.41 Å². The Morgan fingerprint density at radius 2 is 2.03 bits per heavy atom. The van der Waals surface area contributed by atoms with E-state index in [1.807, 2.05) is 42.6 Å². The number of hydrogen-bond donors (Lipinski definition) is 0. The molecule has 1 aliphatic carbocycles. The first-order valence-corrected chi connectivity index (χ1v) is 12.9. The van der Waals surface area contributed by atoms with Gasteiger partial charge in [0.1, 0.15) is 5.25 Å². The zero-order valence-electron chi connectivity index (χ0n) is 18.9. The highest BCUT2D eigenvalue weighted by Gasteiger charge is 2.51. The SMILES string of the molecule is N#CCCN1C(=O)N(c2cncc(C3CC4(COC4)C3)c2)C(=O)C2SC(c3ccccc3Cl)=CC21. The number of fused-ring (bicyclic) bond motifs is 1. The number of carbonyl (C=O) groups is 2. The second kappa shape index (κ2) is 8.66. The molecule has 6 rings (SSSR count). The zero-order chi connectivity index (χ0) is 24.2. The average Bonchev–Trinajstić information content (AvgIpc) is 3.23. The highest BCUT2D eigenvalue weighted by molar-refractivity contribution is 8.09. The number of aromatic nitrogens is 1. The number of pyridine rings is 1. The van der Waals surface area contributed by atoms with Crippen molar-refractivity contribution in [3.05, 3.63) is 65.0 Å². The fourth-order valence-electron chi connectivity index (χ4n) is 5.52. The zero-order valence-corrected chi connectivity index (χ0v) is 20.5. The van der Waals surface area contributed by atoms with E-state index in [0.717, 1.165) is 42.1 Å². The van der Waals surface area contributed by atoms with Crippen LogP contribution in [0.4, 0.5) is 10.5 Å². The van der Waals surface area contributed by atoms with Crippen molar-refractivity contribution in [2.75, 3.05) is 24.7 Å². The number of rotatable bonds is 5. The number of nitrogens with zero attached hydrogens (tertiary/aromatic N) is 4. The van der Waals surface area contributed by atoms with Crippen LogP contribution in [0.5, 0.6) is 0 Å². The number of urea groups is 1. The molecule has 2 unspecified atom stereocenters. The second-order valence-electron chi connectivity index (χ2n) is 9.67. The van der Waals surface area contributed by atoms with E-state index in [4.69, 9.17) is 16.3 Å². The van der Waals surface area contributed by atoms with E-state index in [2.05, 4.69) is 11.1 Å². The number of carbonyl (C=O) groups excluding carboxylic acids is 2. The maximum Gasteiger partial charge on any atom is 0.332 e. The van der Waals surface area contributed by atoms with Crippen LogP contribution in [0, 0.1) is 16.7 Å². The molecule has 3 aliphatic heterocycles. The highest BCUT2D eigenvalue weighted by atomic mass is 35.5. The number of benzene rings is 1. The Balaban J connectivity index is 1.31. The van der Waals surface area contributed by atoms with Crippen molar-refractivity contribution in [3.8, 4) is 6.07 Å². The van der Waals surface area contributed by atoms with Gasteiger partial charge < -0.3 is 9.64 Å². The van der Waals surface area contributed by atoms with Gasteiger partial charge in [-0.2, -0.15) is 5.26 Å². The molecule has 178 valence electrons. The van der Waals surface area contributed by atoms with Gasteiger partial charge in [-0.1, -0.05) is 29.8 Å². The highest BCUT2D eigenvalue weighted by Crippen LogP contribution is 2.55. The van der Waals surface area contributed by atoms with Crippen LogP contribution in [0.15, 0.2) is 48.8 Å². The molecule has 1 aromatic heterocycles. The minimum Gasteiger partial charge on any atom is -0.380 e. The fraction of sp³-hybridized carbons (Fsp3) is 0.385. The number of ether oxygens (including phenoxy) is 1. The molecule has 7 nitrogen and oxygen atoms in total. The van der Waals surface area contributed by atoms with Crippen molar-refractivity contribution < 1.29 is 14.3 Å². The summed E-state index contributed by atoms with van der Waals surface area (Å²) in [6.45, 7) is 1.87.